The molecule has 1 aromatic carbocycles. The number of benzene rings is 1. The van der Waals surface area contributed by atoms with E-state index in [4.69, 9.17) is 12.6 Å². The second-order valence-electron chi connectivity index (χ2n) is 4.77. The Labute approximate surface area is 91.1 Å². The molecule has 0 saturated heterocycles. The van der Waals surface area contributed by atoms with Crippen LogP contribution in [0.2, 0.25) is 0 Å². The van der Waals surface area contributed by atoms with Gasteiger partial charge in [-0.15, -0.1) is 0 Å². The van der Waals surface area contributed by atoms with E-state index in [1.807, 2.05) is 0 Å². The van der Waals surface area contributed by atoms with Gasteiger partial charge in [-0.05, 0) is 48.6 Å². The van der Waals surface area contributed by atoms with Gasteiger partial charge in [-0.25, -0.2) is 0 Å². The molecular weight excluding hydrogens is 188 g/mol. The molecule has 1 saturated carbocycles. The minimum atomic E-state index is 0.655. The average molecular weight is 204 g/mol. The van der Waals surface area contributed by atoms with E-state index in [2.05, 4.69) is 24.3 Å². The molecule has 0 spiro atoms. The largest absolute Gasteiger partial charge is 0.175 e. The van der Waals surface area contributed by atoms with Crippen LogP contribution in [0, 0.1) is 11.8 Å². The SMILES string of the molecule is SC1C2CCC1Cc1ccccc1C2. The zero-order valence-corrected chi connectivity index (χ0v) is 9.21. The fraction of sp³-hybridized carbons (Fsp3) is 0.538. The van der Waals surface area contributed by atoms with Crippen LogP contribution >= 0.6 is 12.6 Å². The van der Waals surface area contributed by atoms with Crippen molar-refractivity contribution in [3.8, 4) is 0 Å². The first-order valence-corrected chi connectivity index (χ1v) is 6.11. The number of hydrogen-bond donors (Lipinski definition) is 1. The van der Waals surface area contributed by atoms with Gasteiger partial charge in [-0.1, -0.05) is 24.3 Å². The molecule has 2 aliphatic rings. The first-order chi connectivity index (χ1) is 6.84. The summed E-state index contributed by atoms with van der Waals surface area (Å²) in [5.41, 5.74) is 3.16. The molecule has 0 N–H and O–H groups in total. The maximum absolute atomic E-state index is 4.79. The first-order valence-electron chi connectivity index (χ1n) is 5.59. The highest BCUT2D eigenvalue weighted by Gasteiger charge is 2.36. The van der Waals surface area contributed by atoms with Crippen LogP contribution in [0.25, 0.3) is 0 Å². The normalized spacial score (nSPS) is 35.1. The van der Waals surface area contributed by atoms with Gasteiger partial charge in [-0.3, -0.25) is 0 Å². The Hall–Kier alpha value is -0.430. The lowest BCUT2D eigenvalue weighted by Crippen LogP contribution is -2.14. The highest BCUT2D eigenvalue weighted by Crippen LogP contribution is 2.42. The lowest BCUT2D eigenvalue weighted by atomic mass is 9.94. The lowest BCUT2D eigenvalue weighted by Gasteiger charge is -2.14. The summed E-state index contributed by atoms with van der Waals surface area (Å²) in [6.07, 6.45) is 5.32. The van der Waals surface area contributed by atoms with Gasteiger partial charge < -0.3 is 0 Å². The van der Waals surface area contributed by atoms with Crippen LogP contribution in [0.4, 0.5) is 0 Å². The molecule has 2 atom stereocenters. The molecule has 0 aliphatic heterocycles. The molecule has 3 rings (SSSR count). The molecule has 2 bridgehead atoms. The number of rotatable bonds is 0. The predicted octanol–water partition coefficient (Wildman–Crippen LogP) is 3.11. The highest BCUT2D eigenvalue weighted by atomic mass is 32.1. The zero-order valence-electron chi connectivity index (χ0n) is 8.32. The summed E-state index contributed by atoms with van der Waals surface area (Å²) in [6.45, 7) is 0. The van der Waals surface area contributed by atoms with Crippen molar-refractivity contribution in [3.05, 3.63) is 35.4 Å². The Morgan fingerprint density at radius 2 is 1.43 bits per heavy atom. The topological polar surface area (TPSA) is 0 Å². The van der Waals surface area contributed by atoms with Crippen LogP contribution in [0.3, 0.4) is 0 Å². The lowest BCUT2D eigenvalue weighted by molar-refractivity contribution is 0.530. The molecule has 0 aromatic heterocycles. The molecule has 0 radical (unpaired) electrons. The summed E-state index contributed by atoms with van der Waals surface area (Å²) in [6, 6.07) is 8.95. The molecule has 74 valence electrons. The number of hydrogen-bond acceptors (Lipinski definition) is 1. The van der Waals surface area contributed by atoms with Crippen molar-refractivity contribution in [2.75, 3.05) is 0 Å². The number of thiol groups is 1. The standard InChI is InChI=1S/C13H16S/c14-13-11-5-6-12(13)8-10-4-2-1-3-9(10)7-11/h1-4,11-14H,5-8H2. The van der Waals surface area contributed by atoms with Gasteiger partial charge in [0.25, 0.3) is 0 Å². The van der Waals surface area contributed by atoms with E-state index in [1.54, 1.807) is 11.1 Å². The molecule has 2 unspecified atom stereocenters. The van der Waals surface area contributed by atoms with E-state index < -0.39 is 0 Å². The van der Waals surface area contributed by atoms with E-state index in [9.17, 15) is 0 Å². The highest BCUT2D eigenvalue weighted by molar-refractivity contribution is 7.81. The molecule has 0 amide bonds. The molecular formula is C13H16S. The van der Waals surface area contributed by atoms with Crippen LogP contribution in [0.1, 0.15) is 24.0 Å². The maximum atomic E-state index is 4.79. The Morgan fingerprint density at radius 3 is 1.93 bits per heavy atom. The van der Waals surface area contributed by atoms with Crippen LogP contribution < -0.4 is 0 Å². The Balaban J connectivity index is 2.01. The predicted molar refractivity (Wildman–Crippen MR) is 62.8 cm³/mol. The third-order valence-corrected chi connectivity index (χ3v) is 4.80. The molecule has 1 heteroatoms. The fourth-order valence-corrected chi connectivity index (χ4v) is 3.63. The first kappa shape index (κ1) is 8.84. The molecule has 0 nitrogen and oxygen atoms in total. The van der Waals surface area contributed by atoms with Crippen molar-refractivity contribution in [1.29, 1.82) is 0 Å². The molecule has 14 heavy (non-hydrogen) atoms. The van der Waals surface area contributed by atoms with Crippen LogP contribution in [0.5, 0.6) is 0 Å². The van der Waals surface area contributed by atoms with Crippen molar-refractivity contribution in [2.24, 2.45) is 11.8 Å². The Kier molecular flexibility index (Phi) is 2.09. The van der Waals surface area contributed by atoms with E-state index in [0.29, 0.717) is 5.25 Å². The summed E-state index contributed by atoms with van der Waals surface area (Å²) in [5.74, 6) is 1.68. The van der Waals surface area contributed by atoms with Gasteiger partial charge in [0.1, 0.15) is 0 Å². The monoisotopic (exact) mass is 204 g/mol. The van der Waals surface area contributed by atoms with Crippen LogP contribution in [-0.2, 0) is 12.8 Å². The fourth-order valence-electron chi connectivity index (χ4n) is 3.12. The molecule has 2 aliphatic carbocycles. The summed E-state index contributed by atoms with van der Waals surface area (Å²) >= 11 is 4.79. The third kappa shape index (κ3) is 1.30. The van der Waals surface area contributed by atoms with E-state index >= 15 is 0 Å². The second-order valence-corrected chi connectivity index (χ2v) is 5.36. The molecule has 1 fully saturated rings. The Bertz CT molecular complexity index is 312. The van der Waals surface area contributed by atoms with E-state index in [1.165, 1.54) is 25.7 Å². The summed E-state index contributed by atoms with van der Waals surface area (Å²) in [7, 11) is 0. The molecule has 1 aromatic rings. The summed E-state index contributed by atoms with van der Waals surface area (Å²) in [5, 5.41) is 0.655. The number of fused-ring (bicyclic) bond motifs is 3. The van der Waals surface area contributed by atoms with Crippen LogP contribution in [0.15, 0.2) is 24.3 Å². The van der Waals surface area contributed by atoms with E-state index in [-0.39, 0.29) is 0 Å². The van der Waals surface area contributed by atoms with E-state index in [0.717, 1.165) is 11.8 Å². The Morgan fingerprint density at radius 1 is 0.929 bits per heavy atom. The minimum absolute atomic E-state index is 0.655. The maximum Gasteiger partial charge on any atom is 0.00797 e. The van der Waals surface area contributed by atoms with Gasteiger partial charge in [0.15, 0.2) is 0 Å². The minimum Gasteiger partial charge on any atom is -0.175 e. The van der Waals surface area contributed by atoms with Gasteiger partial charge in [0.2, 0.25) is 0 Å². The average Bonchev–Trinajstić information content (AvgIpc) is 2.44. The van der Waals surface area contributed by atoms with Gasteiger partial charge in [0, 0.05) is 5.25 Å². The third-order valence-electron chi connectivity index (χ3n) is 3.96. The van der Waals surface area contributed by atoms with Crippen molar-refractivity contribution < 1.29 is 0 Å². The molecule has 0 heterocycles. The van der Waals surface area contributed by atoms with Crippen molar-refractivity contribution in [1.82, 2.24) is 0 Å². The quantitative estimate of drug-likeness (QED) is 0.617. The smallest absolute Gasteiger partial charge is 0.00797 e. The van der Waals surface area contributed by atoms with Crippen molar-refractivity contribution in [3.63, 3.8) is 0 Å². The van der Waals surface area contributed by atoms with Crippen molar-refractivity contribution >= 4 is 12.6 Å². The van der Waals surface area contributed by atoms with Gasteiger partial charge >= 0.3 is 0 Å². The van der Waals surface area contributed by atoms with Crippen molar-refractivity contribution in [2.45, 2.75) is 30.9 Å². The second kappa shape index (κ2) is 3.30. The summed E-state index contributed by atoms with van der Waals surface area (Å²) in [4.78, 5) is 0. The van der Waals surface area contributed by atoms with Gasteiger partial charge in [-0.2, -0.15) is 12.6 Å². The summed E-state index contributed by atoms with van der Waals surface area (Å²) < 4.78 is 0. The van der Waals surface area contributed by atoms with Gasteiger partial charge in [0.05, 0.1) is 0 Å². The zero-order chi connectivity index (χ0) is 9.54. The van der Waals surface area contributed by atoms with Crippen LogP contribution in [-0.4, -0.2) is 5.25 Å².